The summed E-state index contributed by atoms with van der Waals surface area (Å²) in [7, 11) is 0. The number of thiophene rings is 1. The first-order valence-corrected chi connectivity index (χ1v) is 8.37. The summed E-state index contributed by atoms with van der Waals surface area (Å²) in [6.07, 6.45) is 6.54. The van der Waals surface area contributed by atoms with Gasteiger partial charge in [0.05, 0.1) is 0 Å². The molecule has 0 bridgehead atoms. The Kier molecular flexibility index (Phi) is 5.25. The standard InChI is InChI=1S/C16H27NS/c1-4-10-17-16(12(3)13-6-7-13)11-15-9-8-14(5-2)18-15/h8-9,12-13,16-17H,4-7,10-11H2,1-3H3. The van der Waals surface area contributed by atoms with Gasteiger partial charge in [-0.15, -0.1) is 11.3 Å². The summed E-state index contributed by atoms with van der Waals surface area (Å²) >= 11 is 2.00. The zero-order chi connectivity index (χ0) is 13.0. The molecule has 1 aromatic rings. The smallest absolute Gasteiger partial charge is 0.0144 e. The molecule has 1 saturated carbocycles. The van der Waals surface area contributed by atoms with Crippen LogP contribution in [-0.2, 0) is 12.8 Å². The van der Waals surface area contributed by atoms with E-state index in [1.54, 1.807) is 4.88 Å². The first-order valence-electron chi connectivity index (χ1n) is 7.55. The van der Waals surface area contributed by atoms with Crippen molar-refractivity contribution in [3.05, 3.63) is 21.9 Å². The molecule has 1 N–H and O–H groups in total. The SMILES string of the molecule is CCCNC(Cc1ccc(CC)s1)C(C)C1CC1. The summed E-state index contributed by atoms with van der Waals surface area (Å²) in [5, 5.41) is 3.77. The van der Waals surface area contributed by atoms with E-state index in [9.17, 15) is 0 Å². The Bertz CT molecular complexity index is 354. The van der Waals surface area contributed by atoms with E-state index >= 15 is 0 Å². The second-order valence-electron chi connectivity index (χ2n) is 5.68. The third kappa shape index (κ3) is 3.83. The maximum absolute atomic E-state index is 3.77. The minimum absolute atomic E-state index is 0.681. The van der Waals surface area contributed by atoms with E-state index in [2.05, 4.69) is 38.2 Å². The molecular formula is C16H27NS. The second-order valence-corrected chi connectivity index (χ2v) is 6.94. The van der Waals surface area contributed by atoms with Gasteiger partial charge in [-0.25, -0.2) is 0 Å². The highest BCUT2D eigenvalue weighted by Gasteiger charge is 2.33. The molecule has 0 spiro atoms. The number of rotatable bonds is 8. The maximum Gasteiger partial charge on any atom is 0.0144 e. The molecule has 0 aliphatic heterocycles. The van der Waals surface area contributed by atoms with Gasteiger partial charge in [0.2, 0.25) is 0 Å². The molecule has 2 heteroatoms. The Morgan fingerprint density at radius 2 is 2.00 bits per heavy atom. The third-order valence-electron chi connectivity index (χ3n) is 4.14. The Labute approximate surface area is 116 Å². The van der Waals surface area contributed by atoms with Crippen LogP contribution in [0.25, 0.3) is 0 Å². The van der Waals surface area contributed by atoms with Crippen molar-refractivity contribution in [2.75, 3.05) is 6.54 Å². The normalized spacial score (nSPS) is 18.8. The quantitative estimate of drug-likeness (QED) is 0.740. The van der Waals surface area contributed by atoms with E-state index < -0.39 is 0 Å². The first kappa shape index (κ1) is 14.1. The van der Waals surface area contributed by atoms with Crippen LogP contribution in [0.1, 0.15) is 49.8 Å². The predicted octanol–water partition coefficient (Wildman–Crippen LogP) is 4.27. The molecule has 0 saturated heterocycles. The fourth-order valence-electron chi connectivity index (χ4n) is 2.66. The predicted molar refractivity (Wildman–Crippen MR) is 81.4 cm³/mol. The summed E-state index contributed by atoms with van der Waals surface area (Å²) < 4.78 is 0. The zero-order valence-corrected chi connectivity index (χ0v) is 12.9. The van der Waals surface area contributed by atoms with E-state index in [0.29, 0.717) is 6.04 Å². The largest absolute Gasteiger partial charge is 0.313 e. The molecule has 2 unspecified atom stereocenters. The molecule has 0 radical (unpaired) electrons. The summed E-state index contributed by atoms with van der Waals surface area (Å²) in [5.74, 6) is 1.83. The summed E-state index contributed by atoms with van der Waals surface area (Å²) in [5.41, 5.74) is 0. The van der Waals surface area contributed by atoms with Crippen LogP contribution in [0.5, 0.6) is 0 Å². The first-order chi connectivity index (χ1) is 8.74. The molecule has 102 valence electrons. The molecule has 0 amide bonds. The van der Waals surface area contributed by atoms with Crippen molar-refractivity contribution in [2.24, 2.45) is 11.8 Å². The van der Waals surface area contributed by atoms with E-state index in [4.69, 9.17) is 0 Å². The van der Waals surface area contributed by atoms with Crippen LogP contribution < -0.4 is 5.32 Å². The lowest BCUT2D eigenvalue weighted by atomic mass is 9.93. The summed E-state index contributed by atoms with van der Waals surface area (Å²) in [6, 6.07) is 5.32. The van der Waals surface area contributed by atoms with Crippen LogP contribution >= 0.6 is 11.3 Å². The monoisotopic (exact) mass is 265 g/mol. The Morgan fingerprint density at radius 1 is 1.28 bits per heavy atom. The molecule has 1 nitrogen and oxygen atoms in total. The minimum Gasteiger partial charge on any atom is -0.313 e. The van der Waals surface area contributed by atoms with Gasteiger partial charge in [0.25, 0.3) is 0 Å². The molecule has 1 aromatic heterocycles. The van der Waals surface area contributed by atoms with Crippen LogP contribution in [0.3, 0.4) is 0 Å². The fourth-order valence-corrected chi connectivity index (χ4v) is 3.68. The lowest BCUT2D eigenvalue weighted by molar-refractivity contribution is 0.341. The number of hydrogen-bond donors (Lipinski definition) is 1. The van der Waals surface area contributed by atoms with Crippen molar-refractivity contribution in [2.45, 2.75) is 58.9 Å². The van der Waals surface area contributed by atoms with Gasteiger partial charge in [-0.05, 0) is 62.6 Å². The van der Waals surface area contributed by atoms with Gasteiger partial charge in [0.1, 0.15) is 0 Å². The van der Waals surface area contributed by atoms with Gasteiger partial charge < -0.3 is 5.32 Å². The van der Waals surface area contributed by atoms with Gasteiger partial charge in [-0.2, -0.15) is 0 Å². The van der Waals surface area contributed by atoms with Crippen molar-refractivity contribution in [3.63, 3.8) is 0 Å². The average molecular weight is 265 g/mol. The van der Waals surface area contributed by atoms with Gasteiger partial charge in [0.15, 0.2) is 0 Å². The Hall–Kier alpha value is -0.340. The Balaban J connectivity index is 1.94. The van der Waals surface area contributed by atoms with Crippen LogP contribution in [0.2, 0.25) is 0 Å². The summed E-state index contributed by atoms with van der Waals surface area (Å²) in [4.78, 5) is 3.09. The van der Waals surface area contributed by atoms with E-state index in [1.807, 2.05) is 11.3 Å². The van der Waals surface area contributed by atoms with Gasteiger partial charge in [-0.3, -0.25) is 0 Å². The van der Waals surface area contributed by atoms with Crippen molar-refractivity contribution in [1.29, 1.82) is 0 Å². The van der Waals surface area contributed by atoms with Crippen molar-refractivity contribution in [1.82, 2.24) is 5.32 Å². The lowest BCUT2D eigenvalue weighted by Gasteiger charge is -2.24. The molecule has 1 aliphatic carbocycles. The minimum atomic E-state index is 0.681. The highest BCUT2D eigenvalue weighted by Crippen LogP contribution is 2.39. The molecule has 1 fully saturated rings. The molecule has 1 aliphatic rings. The molecule has 2 atom stereocenters. The topological polar surface area (TPSA) is 12.0 Å². The van der Waals surface area contributed by atoms with Crippen molar-refractivity contribution in [3.8, 4) is 0 Å². The number of hydrogen-bond acceptors (Lipinski definition) is 2. The molecule has 0 aromatic carbocycles. The highest BCUT2D eigenvalue weighted by atomic mass is 32.1. The molecule has 18 heavy (non-hydrogen) atoms. The fraction of sp³-hybridized carbons (Fsp3) is 0.750. The second kappa shape index (κ2) is 6.72. The molecular weight excluding hydrogens is 238 g/mol. The van der Waals surface area contributed by atoms with E-state index in [0.717, 1.165) is 18.4 Å². The van der Waals surface area contributed by atoms with Crippen LogP contribution in [-0.4, -0.2) is 12.6 Å². The summed E-state index contributed by atoms with van der Waals surface area (Å²) in [6.45, 7) is 8.11. The molecule has 1 heterocycles. The Morgan fingerprint density at radius 3 is 2.56 bits per heavy atom. The van der Waals surface area contributed by atoms with Gasteiger partial charge >= 0.3 is 0 Å². The van der Waals surface area contributed by atoms with Crippen LogP contribution in [0, 0.1) is 11.8 Å². The molecule has 2 rings (SSSR count). The van der Waals surface area contributed by atoms with Gasteiger partial charge in [0, 0.05) is 15.8 Å². The van der Waals surface area contributed by atoms with Gasteiger partial charge in [-0.1, -0.05) is 20.8 Å². The van der Waals surface area contributed by atoms with Crippen LogP contribution in [0.15, 0.2) is 12.1 Å². The van der Waals surface area contributed by atoms with Crippen molar-refractivity contribution >= 4 is 11.3 Å². The highest BCUT2D eigenvalue weighted by molar-refractivity contribution is 7.11. The van der Waals surface area contributed by atoms with Crippen molar-refractivity contribution < 1.29 is 0 Å². The maximum atomic E-state index is 3.77. The van der Waals surface area contributed by atoms with E-state index in [1.165, 1.54) is 37.0 Å². The lowest BCUT2D eigenvalue weighted by Crippen LogP contribution is -2.38. The van der Waals surface area contributed by atoms with E-state index in [-0.39, 0.29) is 0 Å². The van der Waals surface area contributed by atoms with Crippen LogP contribution in [0.4, 0.5) is 0 Å². The number of aryl methyl sites for hydroxylation is 1. The third-order valence-corrected chi connectivity index (χ3v) is 5.40. The zero-order valence-electron chi connectivity index (χ0n) is 12.0. The average Bonchev–Trinajstić information content (AvgIpc) is 3.14. The number of nitrogens with one attached hydrogen (secondary N) is 1.